The predicted octanol–water partition coefficient (Wildman–Crippen LogP) is 4.56. The summed E-state index contributed by atoms with van der Waals surface area (Å²) in [6, 6.07) is 9.52. The van der Waals surface area contributed by atoms with E-state index in [2.05, 4.69) is 0 Å². The summed E-state index contributed by atoms with van der Waals surface area (Å²) in [4.78, 5) is 11.9. The lowest BCUT2D eigenvalue weighted by molar-refractivity contribution is -0.137. The summed E-state index contributed by atoms with van der Waals surface area (Å²) >= 11 is 0. The van der Waals surface area contributed by atoms with E-state index in [0.29, 0.717) is 16.9 Å². The largest absolute Gasteiger partial charge is 0.496 e. The minimum absolute atomic E-state index is 0.215. The molecule has 3 nitrogen and oxygen atoms in total. The van der Waals surface area contributed by atoms with Gasteiger partial charge in [0.2, 0.25) is 0 Å². The average molecular weight is 324 g/mol. The molecule has 0 radical (unpaired) electrons. The lowest BCUT2D eigenvalue weighted by Crippen LogP contribution is -2.07. The minimum Gasteiger partial charge on any atom is -0.496 e. The molecular formula is C17H15F3O3. The van der Waals surface area contributed by atoms with Gasteiger partial charge in [-0.05, 0) is 42.3 Å². The van der Waals surface area contributed by atoms with E-state index in [1.165, 1.54) is 19.2 Å². The Labute approximate surface area is 131 Å². The molecule has 0 saturated carbocycles. The van der Waals surface area contributed by atoms with Crippen LogP contribution in [0.5, 0.6) is 5.75 Å². The Kier molecular flexibility index (Phi) is 4.93. The second kappa shape index (κ2) is 6.73. The Bertz CT molecular complexity index is 691. The summed E-state index contributed by atoms with van der Waals surface area (Å²) < 4.78 is 47.9. The van der Waals surface area contributed by atoms with Crippen molar-refractivity contribution < 1.29 is 27.4 Å². The molecule has 122 valence electrons. The van der Waals surface area contributed by atoms with Gasteiger partial charge >= 0.3 is 12.1 Å². The van der Waals surface area contributed by atoms with Crippen molar-refractivity contribution >= 4 is 5.97 Å². The highest BCUT2D eigenvalue weighted by atomic mass is 19.4. The van der Waals surface area contributed by atoms with Gasteiger partial charge in [-0.15, -0.1) is 0 Å². The molecule has 2 aromatic rings. The van der Waals surface area contributed by atoms with Gasteiger partial charge in [-0.3, -0.25) is 0 Å². The van der Waals surface area contributed by atoms with E-state index in [0.717, 1.165) is 12.1 Å². The number of ether oxygens (including phenoxy) is 2. The Balaban J connectivity index is 2.40. The van der Waals surface area contributed by atoms with E-state index in [1.54, 1.807) is 25.1 Å². The van der Waals surface area contributed by atoms with Gasteiger partial charge in [-0.25, -0.2) is 4.79 Å². The van der Waals surface area contributed by atoms with Crippen molar-refractivity contribution in [3.63, 3.8) is 0 Å². The third-order valence-corrected chi connectivity index (χ3v) is 3.24. The lowest BCUT2D eigenvalue weighted by Gasteiger charge is -2.11. The van der Waals surface area contributed by atoms with Crippen molar-refractivity contribution in [3.05, 3.63) is 53.6 Å². The summed E-state index contributed by atoms with van der Waals surface area (Å²) in [7, 11) is 1.43. The Morgan fingerprint density at radius 2 is 1.65 bits per heavy atom. The molecule has 0 aliphatic carbocycles. The highest BCUT2D eigenvalue weighted by Gasteiger charge is 2.30. The van der Waals surface area contributed by atoms with Crippen molar-refractivity contribution in [1.29, 1.82) is 0 Å². The fourth-order valence-electron chi connectivity index (χ4n) is 2.11. The standard InChI is InChI=1S/C17H15F3O3/c1-3-23-16(21)14-10-12(6-9-15(14)22-2)11-4-7-13(8-5-11)17(18,19)20/h4-10H,3H2,1-2H3. The molecule has 0 bridgehead atoms. The smallest absolute Gasteiger partial charge is 0.416 e. The molecule has 0 fully saturated rings. The molecule has 0 aliphatic rings. The van der Waals surface area contributed by atoms with Gasteiger partial charge in [-0.1, -0.05) is 18.2 Å². The minimum atomic E-state index is -4.38. The molecule has 0 heterocycles. The first-order chi connectivity index (χ1) is 10.9. The average Bonchev–Trinajstić information content (AvgIpc) is 2.54. The first-order valence-electron chi connectivity index (χ1n) is 6.89. The predicted molar refractivity (Wildman–Crippen MR) is 79.4 cm³/mol. The number of hydrogen-bond donors (Lipinski definition) is 0. The molecule has 6 heteroatoms. The zero-order chi connectivity index (χ0) is 17.0. The number of esters is 1. The molecular weight excluding hydrogens is 309 g/mol. The number of halogens is 3. The second-order valence-corrected chi connectivity index (χ2v) is 4.71. The topological polar surface area (TPSA) is 35.5 Å². The molecule has 0 spiro atoms. The van der Waals surface area contributed by atoms with Crippen LogP contribution < -0.4 is 4.74 Å². The number of hydrogen-bond acceptors (Lipinski definition) is 3. The number of benzene rings is 2. The molecule has 23 heavy (non-hydrogen) atoms. The molecule has 0 unspecified atom stereocenters. The van der Waals surface area contributed by atoms with Crippen molar-refractivity contribution in [3.8, 4) is 16.9 Å². The highest BCUT2D eigenvalue weighted by molar-refractivity contribution is 5.94. The Hall–Kier alpha value is -2.50. The van der Waals surface area contributed by atoms with Crippen LogP contribution in [0.25, 0.3) is 11.1 Å². The maximum Gasteiger partial charge on any atom is 0.416 e. The zero-order valence-corrected chi connectivity index (χ0v) is 12.6. The van der Waals surface area contributed by atoms with Crippen LogP contribution in [0.2, 0.25) is 0 Å². The molecule has 0 aromatic heterocycles. The van der Waals surface area contributed by atoms with Crippen LogP contribution >= 0.6 is 0 Å². The lowest BCUT2D eigenvalue weighted by atomic mass is 10.0. The SMILES string of the molecule is CCOC(=O)c1cc(-c2ccc(C(F)(F)F)cc2)ccc1OC. The maximum absolute atomic E-state index is 12.6. The number of carbonyl (C=O) groups is 1. The molecule has 2 rings (SSSR count). The number of carbonyl (C=O) groups excluding carboxylic acids is 1. The number of methoxy groups -OCH3 is 1. The zero-order valence-electron chi connectivity index (χ0n) is 12.6. The van der Waals surface area contributed by atoms with Crippen molar-refractivity contribution in [2.75, 3.05) is 13.7 Å². The molecule has 0 aliphatic heterocycles. The van der Waals surface area contributed by atoms with Crippen LogP contribution in [0.1, 0.15) is 22.8 Å². The second-order valence-electron chi connectivity index (χ2n) is 4.71. The third kappa shape index (κ3) is 3.83. The van der Waals surface area contributed by atoms with Crippen LogP contribution in [0.4, 0.5) is 13.2 Å². The van der Waals surface area contributed by atoms with Crippen LogP contribution in [-0.2, 0) is 10.9 Å². The summed E-state index contributed by atoms with van der Waals surface area (Å²) in [5.41, 5.74) is 0.668. The third-order valence-electron chi connectivity index (χ3n) is 3.24. The van der Waals surface area contributed by atoms with Gasteiger partial charge in [0.25, 0.3) is 0 Å². The summed E-state index contributed by atoms with van der Waals surface area (Å²) in [5.74, 6) is -0.197. The van der Waals surface area contributed by atoms with E-state index in [-0.39, 0.29) is 12.2 Å². The van der Waals surface area contributed by atoms with E-state index in [4.69, 9.17) is 9.47 Å². The summed E-state index contributed by atoms with van der Waals surface area (Å²) in [6.07, 6.45) is -4.38. The first-order valence-corrected chi connectivity index (χ1v) is 6.89. The first kappa shape index (κ1) is 16.9. The molecule has 0 amide bonds. The summed E-state index contributed by atoms with van der Waals surface area (Å²) in [6.45, 7) is 1.90. The van der Waals surface area contributed by atoms with Gasteiger partial charge in [0.1, 0.15) is 11.3 Å². The van der Waals surface area contributed by atoms with Crippen LogP contribution in [0.15, 0.2) is 42.5 Å². The van der Waals surface area contributed by atoms with Gasteiger partial charge in [-0.2, -0.15) is 13.2 Å². The van der Waals surface area contributed by atoms with Gasteiger partial charge in [0.05, 0.1) is 19.3 Å². The van der Waals surface area contributed by atoms with E-state index in [9.17, 15) is 18.0 Å². The normalized spacial score (nSPS) is 11.2. The van der Waals surface area contributed by atoms with Crippen molar-refractivity contribution in [1.82, 2.24) is 0 Å². The molecule has 0 N–H and O–H groups in total. The number of rotatable bonds is 4. The summed E-state index contributed by atoms with van der Waals surface area (Å²) in [5, 5.41) is 0. The van der Waals surface area contributed by atoms with Crippen LogP contribution in [-0.4, -0.2) is 19.7 Å². The quantitative estimate of drug-likeness (QED) is 0.774. The van der Waals surface area contributed by atoms with E-state index in [1.807, 2.05) is 0 Å². The van der Waals surface area contributed by atoms with E-state index < -0.39 is 17.7 Å². The highest BCUT2D eigenvalue weighted by Crippen LogP contribution is 2.32. The van der Waals surface area contributed by atoms with E-state index >= 15 is 0 Å². The van der Waals surface area contributed by atoms with Gasteiger partial charge in [0, 0.05) is 0 Å². The maximum atomic E-state index is 12.6. The fraction of sp³-hybridized carbons (Fsp3) is 0.235. The van der Waals surface area contributed by atoms with Crippen molar-refractivity contribution in [2.24, 2.45) is 0 Å². The monoisotopic (exact) mass is 324 g/mol. The van der Waals surface area contributed by atoms with Gasteiger partial charge < -0.3 is 9.47 Å². The molecule has 0 atom stereocenters. The fourth-order valence-corrected chi connectivity index (χ4v) is 2.11. The van der Waals surface area contributed by atoms with Crippen LogP contribution in [0, 0.1) is 0 Å². The Morgan fingerprint density at radius 3 is 2.17 bits per heavy atom. The van der Waals surface area contributed by atoms with Gasteiger partial charge in [0.15, 0.2) is 0 Å². The molecule has 0 saturated heterocycles. The molecule has 2 aromatic carbocycles. The number of alkyl halides is 3. The van der Waals surface area contributed by atoms with Crippen molar-refractivity contribution in [2.45, 2.75) is 13.1 Å². The van der Waals surface area contributed by atoms with Crippen LogP contribution in [0.3, 0.4) is 0 Å². The Morgan fingerprint density at radius 1 is 1.04 bits per heavy atom.